The molecule has 0 spiro atoms. The fraction of sp³-hybridized carbons (Fsp3) is 0.296. The zero-order valence-corrected chi connectivity index (χ0v) is 22.0. The quantitative estimate of drug-likeness (QED) is 0.452. The highest BCUT2D eigenvalue weighted by Gasteiger charge is 2.34. The number of fused-ring (bicyclic) bond motifs is 1. The van der Waals surface area contributed by atoms with E-state index in [1.807, 2.05) is 6.92 Å². The average molecular weight is 525 g/mol. The lowest BCUT2D eigenvalue weighted by molar-refractivity contribution is -0.139. The molecule has 0 aliphatic carbocycles. The van der Waals surface area contributed by atoms with Gasteiger partial charge in [0.25, 0.3) is 5.56 Å². The van der Waals surface area contributed by atoms with Crippen molar-refractivity contribution < 1.29 is 28.8 Å². The Balaban J connectivity index is 1.95. The van der Waals surface area contributed by atoms with Crippen LogP contribution < -0.4 is 29.1 Å². The molecule has 194 valence electrons. The summed E-state index contributed by atoms with van der Waals surface area (Å²) in [5, 5.41) is 9.92. The average Bonchev–Trinajstić information content (AvgIpc) is 3.18. The number of hydrogen-bond donors (Lipinski definition) is 1. The second-order valence-corrected chi connectivity index (χ2v) is 9.09. The van der Waals surface area contributed by atoms with E-state index >= 15 is 0 Å². The molecular weight excluding hydrogens is 496 g/mol. The Kier molecular flexibility index (Phi) is 7.68. The number of aromatic nitrogens is 1. The van der Waals surface area contributed by atoms with E-state index in [1.54, 1.807) is 57.4 Å². The summed E-state index contributed by atoms with van der Waals surface area (Å²) in [5.74, 6) is 0.790. The molecule has 0 amide bonds. The maximum Gasteiger partial charge on any atom is 0.338 e. The zero-order chi connectivity index (χ0) is 26.7. The number of nitrogens with zero attached hydrogens (tertiary/aromatic N) is 2. The summed E-state index contributed by atoms with van der Waals surface area (Å²) in [5.41, 5.74) is 1.75. The Morgan fingerprint density at radius 1 is 1.08 bits per heavy atom. The number of phenolic OH excluding ortho intramolecular Hbond substituents is 1. The summed E-state index contributed by atoms with van der Waals surface area (Å²) in [6.45, 7) is 5.92. The van der Waals surface area contributed by atoms with E-state index in [0.717, 1.165) is 0 Å². The second kappa shape index (κ2) is 10.9. The molecule has 3 aromatic rings. The van der Waals surface area contributed by atoms with Crippen molar-refractivity contribution in [3.05, 3.63) is 78.5 Å². The number of aromatic hydroxyl groups is 1. The molecule has 1 N–H and O–H groups in total. The lowest BCUT2D eigenvalue weighted by atomic mass is 9.95. The van der Waals surface area contributed by atoms with Gasteiger partial charge in [0, 0.05) is 0 Å². The summed E-state index contributed by atoms with van der Waals surface area (Å²) >= 11 is 1.21. The third-order valence-electron chi connectivity index (χ3n) is 5.82. The van der Waals surface area contributed by atoms with Gasteiger partial charge in [-0.25, -0.2) is 9.79 Å². The highest BCUT2D eigenvalue weighted by atomic mass is 32.1. The van der Waals surface area contributed by atoms with Gasteiger partial charge in [-0.1, -0.05) is 23.5 Å². The number of hydrogen-bond acceptors (Lipinski definition) is 9. The van der Waals surface area contributed by atoms with Crippen molar-refractivity contribution in [1.29, 1.82) is 0 Å². The number of benzene rings is 2. The highest BCUT2D eigenvalue weighted by molar-refractivity contribution is 7.07. The Morgan fingerprint density at radius 3 is 2.51 bits per heavy atom. The number of carbonyl (C=O) groups is 1. The van der Waals surface area contributed by atoms with Gasteiger partial charge in [0.05, 0.1) is 49.3 Å². The van der Waals surface area contributed by atoms with Gasteiger partial charge in [0.2, 0.25) is 0 Å². The minimum absolute atomic E-state index is 0.000390. The Labute approximate surface area is 217 Å². The molecule has 1 aromatic heterocycles. The van der Waals surface area contributed by atoms with Crippen molar-refractivity contribution in [1.82, 2.24) is 4.57 Å². The van der Waals surface area contributed by atoms with Crippen LogP contribution >= 0.6 is 11.3 Å². The maximum absolute atomic E-state index is 13.8. The Bertz CT molecular complexity index is 1550. The van der Waals surface area contributed by atoms with Gasteiger partial charge in [0.1, 0.15) is 0 Å². The van der Waals surface area contributed by atoms with Gasteiger partial charge in [-0.2, -0.15) is 0 Å². The molecule has 1 unspecified atom stereocenters. The Morgan fingerprint density at radius 2 is 1.84 bits per heavy atom. The number of rotatable bonds is 8. The molecule has 1 atom stereocenters. The molecule has 0 bridgehead atoms. The van der Waals surface area contributed by atoms with Crippen LogP contribution in [-0.4, -0.2) is 43.1 Å². The number of esters is 1. The standard InChI is InChI=1S/C27H28N2O7S/c1-6-35-21-14-17(9-11-19(21)33-4)24-23(26(32)36-7-2)15(3)28-27-29(24)25(31)22(37-27)13-16-8-10-18(30)20(12-16)34-5/h8-14,24,30H,6-7H2,1-5H3/b22-13-. The molecule has 1 aliphatic heterocycles. The molecule has 1 aliphatic rings. The van der Waals surface area contributed by atoms with Crippen molar-refractivity contribution in [2.24, 2.45) is 4.99 Å². The predicted molar refractivity (Wildman–Crippen MR) is 139 cm³/mol. The topological polar surface area (TPSA) is 109 Å². The zero-order valence-electron chi connectivity index (χ0n) is 21.2. The molecule has 4 rings (SSSR count). The van der Waals surface area contributed by atoms with Gasteiger partial charge >= 0.3 is 5.97 Å². The van der Waals surface area contributed by atoms with Crippen LogP contribution in [0.4, 0.5) is 0 Å². The van der Waals surface area contributed by atoms with E-state index < -0.39 is 12.0 Å². The third kappa shape index (κ3) is 4.97. The number of phenols is 1. The van der Waals surface area contributed by atoms with E-state index in [1.165, 1.54) is 29.1 Å². The molecule has 9 nitrogen and oxygen atoms in total. The first-order valence-corrected chi connectivity index (χ1v) is 12.5. The number of ether oxygens (including phenoxy) is 4. The minimum atomic E-state index is -0.781. The smallest absolute Gasteiger partial charge is 0.338 e. The summed E-state index contributed by atoms with van der Waals surface area (Å²) in [6, 6.07) is 9.35. The first kappa shape index (κ1) is 26.0. The van der Waals surface area contributed by atoms with E-state index in [4.69, 9.17) is 18.9 Å². The van der Waals surface area contributed by atoms with Gasteiger partial charge in [-0.3, -0.25) is 9.36 Å². The lowest BCUT2D eigenvalue weighted by Crippen LogP contribution is -2.40. The lowest BCUT2D eigenvalue weighted by Gasteiger charge is -2.25. The summed E-state index contributed by atoms with van der Waals surface area (Å²) in [7, 11) is 3.00. The summed E-state index contributed by atoms with van der Waals surface area (Å²) in [4.78, 5) is 31.9. The normalized spacial score (nSPS) is 15.2. The molecule has 0 radical (unpaired) electrons. The first-order chi connectivity index (χ1) is 17.8. The van der Waals surface area contributed by atoms with Crippen molar-refractivity contribution in [3.8, 4) is 23.0 Å². The van der Waals surface area contributed by atoms with Crippen LogP contribution in [0.25, 0.3) is 6.08 Å². The number of allylic oxidation sites excluding steroid dienone is 1. The van der Waals surface area contributed by atoms with Crippen molar-refractivity contribution >= 4 is 23.4 Å². The number of thiazole rings is 1. The van der Waals surface area contributed by atoms with Crippen LogP contribution in [0.15, 0.2) is 57.5 Å². The van der Waals surface area contributed by atoms with Crippen LogP contribution in [0.1, 0.15) is 37.9 Å². The van der Waals surface area contributed by atoms with E-state index in [0.29, 0.717) is 50.0 Å². The van der Waals surface area contributed by atoms with Crippen LogP contribution in [0.2, 0.25) is 0 Å². The molecule has 37 heavy (non-hydrogen) atoms. The molecule has 10 heteroatoms. The van der Waals surface area contributed by atoms with E-state index in [9.17, 15) is 14.7 Å². The molecule has 2 aromatic carbocycles. The predicted octanol–water partition coefficient (Wildman–Crippen LogP) is 2.92. The van der Waals surface area contributed by atoms with Gasteiger partial charge in [-0.15, -0.1) is 0 Å². The SMILES string of the molecule is CCOC(=O)C1=C(C)N=c2s/c(=C\c3ccc(O)c(OC)c3)c(=O)n2C1c1ccc(OC)c(OCC)c1. The van der Waals surface area contributed by atoms with Gasteiger partial charge in [-0.05, 0) is 62.2 Å². The van der Waals surface area contributed by atoms with Crippen LogP contribution in [-0.2, 0) is 9.53 Å². The van der Waals surface area contributed by atoms with E-state index in [2.05, 4.69) is 4.99 Å². The molecule has 0 fully saturated rings. The highest BCUT2D eigenvalue weighted by Crippen LogP contribution is 2.36. The van der Waals surface area contributed by atoms with E-state index in [-0.39, 0.29) is 23.5 Å². The minimum Gasteiger partial charge on any atom is -0.504 e. The van der Waals surface area contributed by atoms with Crippen LogP contribution in [0, 0.1) is 0 Å². The first-order valence-electron chi connectivity index (χ1n) is 11.7. The molecular formula is C27H28N2O7S. The van der Waals surface area contributed by atoms with Crippen molar-refractivity contribution in [2.75, 3.05) is 27.4 Å². The summed E-state index contributed by atoms with van der Waals surface area (Å²) < 4.78 is 23.6. The van der Waals surface area contributed by atoms with Crippen LogP contribution in [0.5, 0.6) is 23.0 Å². The summed E-state index contributed by atoms with van der Waals surface area (Å²) in [6.07, 6.45) is 1.70. The fourth-order valence-electron chi connectivity index (χ4n) is 4.17. The third-order valence-corrected chi connectivity index (χ3v) is 6.80. The number of carbonyl (C=O) groups excluding carboxylic acids is 1. The van der Waals surface area contributed by atoms with Gasteiger partial charge in [0.15, 0.2) is 27.8 Å². The molecule has 2 heterocycles. The van der Waals surface area contributed by atoms with Crippen LogP contribution in [0.3, 0.4) is 0 Å². The molecule has 0 saturated carbocycles. The molecule has 0 saturated heterocycles. The monoisotopic (exact) mass is 524 g/mol. The fourth-order valence-corrected chi connectivity index (χ4v) is 5.22. The number of methoxy groups -OCH3 is 2. The Hall–Kier alpha value is -4.05. The van der Waals surface area contributed by atoms with Gasteiger partial charge < -0.3 is 24.1 Å². The largest absolute Gasteiger partial charge is 0.504 e. The second-order valence-electron chi connectivity index (χ2n) is 8.08. The maximum atomic E-state index is 13.8. The van der Waals surface area contributed by atoms with Crippen molar-refractivity contribution in [3.63, 3.8) is 0 Å². The van der Waals surface area contributed by atoms with Crippen molar-refractivity contribution in [2.45, 2.75) is 26.8 Å².